The van der Waals surface area contributed by atoms with Crippen LogP contribution in [0.5, 0.6) is 0 Å². The maximum absolute atomic E-state index is 13.0. The number of halogens is 1. The van der Waals surface area contributed by atoms with Gasteiger partial charge in [0.25, 0.3) is 0 Å². The lowest BCUT2D eigenvalue weighted by Gasteiger charge is -2.54. The standard InChI is InChI=1S/C17H26ClNO2/c18-10-17(1-3-21-4-2-17)19-16(20)15-13-6-11-5-12(8-13)9-14(15)7-11/h11-15H,1-10H2,(H,19,20). The van der Waals surface area contributed by atoms with Crippen molar-refractivity contribution in [3.8, 4) is 0 Å². The summed E-state index contributed by atoms with van der Waals surface area (Å²) in [7, 11) is 0. The Bertz CT molecular complexity index is 391. The average molecular weight is 312 g/mol. The van der Waals surface area contributed by atoms with Gasteiger partial charge in [-0.3, -0.25) is 4.79 Å². The number of alkyl halides is 1. The normalized spacial score (nSPS) is 43.8. The highest BCUT2D eigenvalue weighted by Gasteiger charge is 2.51. The fourth-order valence-corrected chi connectivity index (χ4v) is 6.09. The van der Waals surface area contributed by atoms with Gasteiger partial charge in [0, 0.05) is 25.0 Å². The van der Waals surface area contributed by atoms with Gasteiger partial charge >= 0.3 is 0 Å². The van der Waals surface area contributed by atoms with Gasteiger partial charge in [0.05, 0.1) is 5.54 Å². The Hall–Kier alpha value is -0.280. The number of hydrogen-bond acceptors (Lipinski definition) is 2. The molecule has 1 heterocycles. The van der Waals surface area contributed by atoms with Crippen molar-refractivity contribution in [3.63, 3.8) is 0 Å². The number of amides is 1. The molecule has 1 aliphatic heterocycles. The summed E-state index contributed by atoms with van der Waals surface area (Å²) in [6.45, 7) is 1.43. The van der Waals surface area contributed by atoms with Crippen molar-refractivity contribution in [2.45, 2.75) is 50.5 Å². The van der Waals surface area contributed by atoms with Crippen LogP contribution in [0.1, 0.15) is 44.9 Å². The first-order valence-electron chi connectivity index (χ1n) is 8.65. The van der Waals surface area contributed by atoms with Gasteiger partial charge in [0.2, 0.25) is 5.91 Å². The van der Waals surface area contributed by atoms with Crippen LogP contribution in [-0.4, -0.2) is 30.5 Å². The number of hydrogen-bond donors (Lipinski definition) is 1. The molecule has 0 aromatic carbocycles. The molecule has 1 saturated heterocycles. The summed E-state index contributed by atoms with van der Waals surface area (Å²) in [6, 6.07) is 0. The van der Waals surface area contributed by atoms with Crippen LogP contribution in [0.4, 0.5) is 0 Å². The van der Waals surface area contributed by atoms with E-state index in [0.29, 0.717) is 36.8 Å². The van der Waals surface area contributed by atoms with Crippen molar-refractivity contribution in [1.29, 1.82) is 0 Å². The van der Waals surface area contributed by atoms with Gasteiger partial charge in [0.1, 0.15) is 0 Å². The first kappa shape index (κ1) is 14.3. The van der Waals surface area contributed by atoms with E-state index in [1.807, 2.05) is 0 Å². The van der Waals surface area contributed by atoms with Gasteiger partial charge in [-0.05, 0) is 68.6 Å². The van der Waals surface area contributed by atoms with E-state index in [9.17, 15) is 4.79 Å². The molecular formula is C17H26ClNO2. The predicted octanol–water partition coefficient (Wildman–Crippen LogP) is 2.96. The highest BCUT2D eigenvalue weighted by Crippen LogP contribution is 2.56. The molecule has 3 nitrogen and oxygen atoms in total. The fraction of sp³-hybridized carbons (Fsp3) is 0.941. The molecular weight excluding hydrogens is 286 g/mol. The summed E-state index contributed by atoms with van der Waals surface area (Å²) in [5, 5.41) is 3.36. The summed E-state index contributed by atoms with van der Waals surface area (Å²) in [5.74, 6) is 4.20. The molecule has 5 fully saturated rings. The molecule has 21 heavy (non-hydrogen) atoms. The van der Waals surface area contributed by atoms with Crippen molar-refractivity contribution in [2.24, 2.45) is 29.6 Å². The Morgan fingerprint density at radius 1 is 1.05 bits per heavy atom. The first-order valence-corrected chi connectivity index (χ1v) is 9.18. The third-order valence-electron chi connectivity index (χ3n) is 6.62. The Labute approximate surface area is 132 Å². The van der Waals surface area contributed by atoms with Crippen molar-refractivity contribution in [1.82, 2.24) is 5.32 Å². The van der Waals surface area contributed by atoms with Crippen LogP contribution in [-0.2, 0) is 9.53 Å². The maximum Gasteiger partial charge on any atom is 0.224 e. The topological polar surface area (TPSA) is 38.3 Å². The molecule has 5 rings (SSSR count). The Balaban J connectivity index is 1.47. The minimum Gasteiger partial charge on any atom is -0.381 e. The number of ether oxygens (including phenoxy) is 1. The van der Waals surface area contributed by atoms with Gasteiger partial charge in [-0.15, -0.1) is 11.6 Å². The molecule has 0 radical (unpaired) electrons. The monoisotopic (exact) mass is 311 g/mol. The van der Waals surface area contributed by atoms with Crippen LogP contribution in [0.15, 0.2) is 0 Å². The van der Waals surface area contributed by atoms with Crippen LogP contribution < -0.4 is 5.32 Å². The molecule has 4 bridgehead atoms. The molecule has 1 N–H and O–H groups in total. The number of rotatable bonds is 3. The van der Waals surface area contributed by atoms with Crippen molar-refractivity contribution < 1.29 is 9.53 Å². The zero-order valence-corrected chi connectivity index (χ0v) is 13.4. The molecule has 118 valence electrons. The van der Waals surface area contributed by atoms with Crippen LogP contribution in [0.3, 0.4) is 0 Å². The van der Waals surface area contributed by atoms with Crippen LogP contribution in [0.2, 0.25) is 0 Å². The third-order valence-corrected chi connectivity index (χ3v) is 7.14. The molecule has 0 spiro atoms. The molecule has 4 saturated carbocycles. The summed E-state index contributed by atoms with van der Waals surface area (Å²) in [4.78, 5) is 13.0. The second-order valence-corrected chi connectivity index (χ2v) is 8.24. The quantitative estimate of drug-likeness (QED) is 0.814. The van der Waals surface area contributed by atoms with E-state index in [0.717, 1.165) is 24.7 Å². The zero-order valence-electron chi connectivity index (χ0n) is 12.7. The molecule has 0 unspecified atom stereocenters. The third kappa shape index (κ3) is 2.50. The minimum atomic E-state index is -0.217. The summed E-state index contributed by atoms with van der Waals surface area (Å²) in [5.41, 5.74) is -0.217. The highest BCUT2D eigenvalue weighted by atomic mass is 35.5. The number of carbonyl (C=O) groups excluding carboxylic acids is 1. The highest BCUT2D eigenvalue weighted by molar-refractivity contribution is 6.18. The van der Waals surface area contributed by atoms with Crippen LogP contribution in [0, 0.1) is 29.6 Å². The van der Waals surface area contributed by atoms with E-state index in [4.69, 9.17) is 16.3 Å². The molecule has 0 aromatic heterocycles. The second-order valence-electron chi connectivity index (χ2n) is 7.97. The van der Waals surface area contributed by atoms with E-state index in [1.165, 1.54) is 32.1 Å². The zero-order chi connectivity index (χ0) is 14.4. The van der Waals surface area contributed by atoms with Crippen molar-refractivity contribution >= 4 is 17.5 Å². The lowest BCUT2D eigenvalue weighted by atomic mass is 9.51. The second kappa shape index (κ2) is 5.42. The van der Waals surface area contributed by atoms with E-state index >= 15 is 0 Å². The average Bonchev–Trinajstić information content (AvgIpc) is 2.47. The first-order chi connectivity index (χ1) is 10.2. The van der Waals surface area contributed by atoms with Crippen molar-refractivity contribution in [2.75, 3.05) is 19.1 Å². The van der Waals surface area contributed by atoms with Gasteiger partial charge < -0.3 is 10.1 Å². The molecule has 4 aliphatic carbocycles. The predicted molar refractivity (Wildman–Crippen MR) is 82.2 cm³/mol. The largest absolute Gasteiger partial charge is 0.381 e. The Morgan fingerprint density at radius 3 is 2.14 bits per heavy atom. The lowest BCUT2D eigenvalue weighted by molar-refractivity contribution is -0.141. The molecule has 5 aliphatic rings. The fourth-order valence-electron chi connectivity index (χ4n) is 5.75. The maximum atomic E-state index is 13.0. The molecule has 1 amide bonds. The summed E-state index contributed by atoms with van der Waals surface area (Å²) < 4.78 is 5.44. The van der Waals surface area contributed by atoms with E-state index in [2.05, 4.69) is 5.32 Å². The molecule has 0 aromatic rings. The van der Waals surface area contributed by atoms with Gasteiger partial charge in [-0.1, -0.05) is 0 Å². The Morgan fingerprint density at radius 2 is 1.62 bits per heavy atom. The van der Waals surface area contributed by atoms with Gasteiger partial charge in [-0.25, -0.2) is 0 Å². The van der Waals surface area contributed by atoms with Crippen LogP contribution >= 0.6 is 11.6 Å². The summed E-state index contributed by atoms with van der Waals surface area (Å²) >= 11 is 6.20. The minimum absolute atomic E-state index is 0.217. The van der Waals surface area contributed by atoms with Gasteiger partial charge in [0.15, 0.2) is 0 Å². The van der Waals surface area contributed by atoms with E-state index in [-0.39, 0.29) is 11.5 Å². The lowest BCUT2D eigenvalue weighted by Crippen LogP contribution is -2.58. The number of nitrogens with one attached hydrogen (secondary N) is 1. The molecule has 0 atom stereocenters. The van der Waals surface area contributed by atoms with Crippen LogP contribution in [0.25, 0.3) is 0 Å². The van der Waals surface area contributed by atoms with Gasteiger partial charge in [-0.2, -0.15) is 0 Å². The number of carbonyl (C=O) groups is 1. The van der Waals surface area contributed by atoms with E-state index in [1.54, 1.807) is 0 Å². The summed E-state index contributed by atoms with van der Waals surface area (Å²) in [6.07, 6.45) is 8.32. The van der Waals surface area contributed by atoms with Crippen molar-refractivity contribution in [3.05, 3.63) is 0 Å². The Kier molecular flexibility index (Phi) is 3.69. The smallest absolute Gasteiger partial charge is 0.224 e. The molecule has 4 heteroatoms. The SMILES string of the molecule is O=C(NC1(CCl)CCOCC1)C1C2CC3CC(C2)CC1C3. The van der Waals surface area contributed by atoms with E-state index < -0.39 is 0 Å².